The molecule has 1 aromatic rings. The Kier molecular flexibility index (Phi) is 4.37. The number of anilines is 1. The minimum absolute atomic E-state index is 0.0987. The lowest BCUT2D eigenvalue weighted by Gasteiger charge is -2.15. The Morgan fingerprint density at radius 1 is 1.30 bits per heavy atom. The van der Waals surface area contributed by atoms with Crippen molar-refractivity contribution in [2.75, 3.05) is 5.32 Å². The third-order valence-electron chi connectivity index (χ3n) is 4.02. The molecule has 3 unspecified atom stereocenters. The predicted octanol–water partition coefficient (Wildman–Crippen LogP) is 2.90. The number of carboxylic acids is 1. The maximum absolute atomic E-state index is 13.5. The minimum atomic E-state index is -0.949. The number of benzene rings is 1. The molecule has 4 nitrogen and oxygen atoms in total. The highest BCUT2D eigenvalue weighted by Crippen LogP contribution is 2.39. The Balaban J connectivity index is 2.11. The van der Waals surface area contributed by atoms with Gasteiger partial charge in [-0.2, -0.15) is 0 Å². The summed E-state index contributed by atoms with van der Waals surface area (Å²) >= 11 is 0. The third kappa shape index (κ3) is 2.98. The number of halogens is 1. The monoisotopic (exact) mass is 279 g/mol. The highest BCUT2D eigenvalue weighted by Gasteiger charge is 2.42. The maximum atomic E-state index is 13.5. The lowest BCUT2D eigenvalue weighted by Crippen LogP contribution is -2.30. The van der Waals surface area contributed by atoms with Crippen molar-refractivity contribution in [1.82, 2.24) is 0 Å². The quantitative estimate of drug-likeness (QED) is 0.890. The number of para-hydroxylation sites is 1. The number of hydrogen-bond donors (Lipinski definition) is 2. The lowest BCUT2D eigenvalue weighted by atomic mass is 9.95. The van der Waals surface area contributed by atoms with Gasteiger partial charge in [-0.15, -0.1) is 0 Å². The van der Waals surface area contributed by atoms with Crippen LogP contribution in [0.4, 0.5) is 10.1 Å². The fourth-order valence-corrected chi connectivity index (χ4v) is 2.83. The second-order valence-corrected chi connectivity index (χ2v) is 5.27. The Morgan fingerprint density at radius 3 is 2.55 bits per heavy atom. The standard InChI is InChI=1S/C15H18FNO3/c1-2-9-7-10(11(8-9)15(19)20)14(18)17-13-6-4-3-5-12(13)16/h3-6,9-11H,2,7-8H2,1H3,(H,17,18)(H,19,20). The summed E-state index contributed by atoms with van der Waals surface area (Å²) in [5, 5.41) is 11.7. The fourth-order valence-electron chi connectivity index (χ4n) is 2.83. The first-order chi connectivity index (χ1) is 9.52. The van der Waals surface area contributed by atoms with Crippen molar-refractivity contribution in [3.05, 3.63) is 30.1 Å². The summed E-state index contributed by atoms with van der Waals surface area (Å²) in [5.74, 6) is -2.89. The van der Waals surface area contributed by atoms with E-state index in [1.807, 2.05) is 6.92 Å². The van der Waals surface area contributed by atoms with Crippen LogP contribution in [0, 0.1) is 23.6 Å². The highest BCUT2D eigenvalue weighted by atomic mass is 19.1. The van der Waals surface area contributed by atoms with Crippen LogP contribution in [0.2, 0.25) is 0 Å². The summed E-state index contributed by atoms with van der Waals surface area (Å²) in [4.78, 5) is 23.4. The van der Waals surface area contributed by atoms with Gasteiger partial charge in [-0.05, 0) is 30.9 Å². The molecule has 1 saturated carbocycles. The van der Waals surface area contributed by atoms with Crippen molar-refractivity contribution < 1.29 is 19.1 Å². The first-order valence-corrected chi connectivity index (χ1v) is 6.81. The third-order valence-corrected chi connectivity index (χ3v) is 4.02. The maximum Gasteiger partial charge on any atom is 0.307 e. The topological polar surface area (TPSA) is 66.4 Å². The summed E-state index contributed by atoms with van der Waals surface area (Å²) in [7, 11) is 0. The van der Waals surface area contributed by atoms with E-state index in [0.29, 0.717) is 12.8 Å². The Labute approximate surface area is 117 Å². The molecule has 108 valence electrons. The van der Waals surface area contributed by atoms with Gasteiger partial charge in [0.2, 0.25) is 5.91 Å². The number of carbonyl (C=O) groups excluding carboxylic acids is 1. The molecule has 0 heterocycles. The number of carboxylic acid groups (broad SMARTS) is 1. The van der Waals surface area contributed by atoms with E-state index in [1.54, 1.807) is 6.07 Å². The Hall–Kier alpha value is -1.91. The van der Waals surface area contributed by atoms with Crippen LogP contribution >= 0.6 is 0 Å². The average Bonchev–Trinajstić information content (AvgIpc) is 2.86. The number of nitrogens with one attached hydrogen (secondary N) is 1. The fraction of sp³-hybridized carbons (Fsp3) is 0.467. The largest absolute Gasteiger partial charge is 0.481 e. The van der Waals surface area contributed by atoms with Crippen LogP contribution in [-0.2, 0) is 9.59 Å². The van der Waals surface area contributed by atoms with Crippen molar-refractivity contribution in [2.45, 2.75) is 26.2 Å². The zero-order valence-electron chi connectivity index (χ0n) is 11.3. The molecule has 1 amide bonds. The molecular weight excluding hydrogens is 261 g/mol. The van der Waals surface area contributed by atoms with Crippen LogP contribution in [0.15, 0.2) is 24.3 Å². The average molecular weight is 279 g/mol. The van der Waals surface area contributed by atoms with E-state index < -0.39 is 29.5 Å². The zero-order chi connectivity index (χ0) is 14.7. The van der Waals surface area contributed by atoms with Crippen LogP contribution in [-0.4, -0.2) is 17.0 Å². The predicted molar refractivity (Wildman–Crippen MR) is 72.7 cm³/mol. The Morgan fingerprint density at radius 2 is 1.95 bits per heavy atom. The molecule has 0 saturated heterocycles. The van der Waals surface area contributed by atoms with Gasteiger partial charge in [0.05, 0.1) is 17.5 Å². The molecule has 3 atom stereocenters. The van der Waals surface area contributed by atoms with Gasteiger partial charge in [-0.3, -0.25) is 9.59 Å². The van der Waals surface area contributed by atoms with Crippen molar-refractivity contribution in [2.24, 2.45) is 17.8 Å². The molecule has 1 aromatic carbocycles. The summed E-state index contributed by atoms with van der Waals surface area (Å²) in [6, 6.07) is 5.88. The van der Waals surface area contributed by atoms with Gasteiger partial charge < -0.3 is 10.4 Å². The first-order valence-electron chi connectivity index (χ1n) is 6.81. The Bertz CT molecular complexity index is 518. The number of aliphatic carboxylic acids is 1. The van der Waals surface area contributed by atoms with Gasteiger partial charge in [0, 0.05) is 0 Å². The van der Waals surface area contributed by atoms with E-state index in [-0.39, 0.29) is 11.6 Å². The van der Waals surface area contributed by atoms with Gasteiger partial charge in [0.15, 0.2) is 0 Å². The van der Waals surface area contributed by atoms with E-state index in [4.69, 9.17) is 0 Å². The molecule has 0 aliphatic heterocycles. The molecule has 0 radical (unpaired) electrons. The van der Waals surface area contributed by atoms with Crippen molar-refractivity contribution in [3.63, 3.8) is 0 Å². The molecule has 20 heavy (non-hydrogen) atoms. The summed E-state index contributed by atoms with van der Waals surface area (Å²) in [5.41, 5.74) is 0.0987. The van der Waals surface area contributed by atoms with E-state index >= 15 is 0 Å². The van der Waals surface area contributed by atoms with Gasteiger partial charge in [0.25, 0.3) is 0 Å². The summed E-state index contributed by atoms with van der Waals surface area (Å²) in [6.45, 7) is 1.99. The molecule has 0 bridgehead atoms. The molecule has 2 N–H and O–H groups in total. The number of amides is 1. The number of rotatable bonds is 4. The van der Waals surface area contributed by atoms with Gasteiger partial charge in [-0.1, -0.05) is 25.5 Å². The molecule has 0 spiro atoms. The number of carbonyl (C=O) groups is 2. The van der Waals surface area contributed by atoms with Gasteiger partial charge in [-0.25, -0.2) is 4.39 Å². The van der Waals surface area contributed by atoms with Crippen molar-refractivity contribution in [3.8, 4) is 0 Å². The van der Waals surface area contributed by atoms with E-state index in [9.17, 15) is 19.1 Å². The normalized spacial score (nSPS) is 25.4. The first kappa shape index (κ1) is 14.5. The second kappa shape index (κ2) is 6.03. The zero-order valence-corrected chi connectivity index (χ0v) is 11.3. The van der Waals surface area contributed by atoms with Crippen LogP contribution in [0.1, 0.15) is 26.2 Å². The van der Waals surface area contributed by atoms with Crippen LogP contribution in [0.3, 0.4) is 0 Å². The van der Waals surface area contributed by atoms with Crippen LogP contribution in [0.25, 0.3) is 0 Å². The van der Waals surface area contributed by atoms with Crippen molar-refractivity contribution in [1.29, 1.82) is 0 Å². The van der Waals surface area contributed by atoms with Crippen LogP contribution in [0.5, 0.6) is 0 Å². The lowest BCUT2D eigenvalue weighted by molar-refractivity contribution is -0.145. The number of hydrogen-bond acceptors (Lipinski definition) is 2. The molecule has 1 aliphatic carbocycles. The molecule has 2 rings (SSSR count). The van der Waals surface area contributed by atoms with E-state index in [0.717, 1.165) is 6.42 Å². The molecule has 1 fully saturated rings. The molecule has 5 heteroatoms. The highest BCUT2D eigenvalue weighted by molar-refractivity contribution is 5.95. The minimum Gasteiger partial charge on any atom is -0.481 e. The van der Waals surface area contributed by atoms with Crippen molar-refractivity contribution >= 4 is 17.6 Å². The summed E-state index contributed by atoms with van der Waals surface area (Å²) in [6.07, 6.45) is 1.92. The van der Waals surface area contributed by atoms with Gasteiger partial charge in [0.1, 0.15) is 5.82 Å². The second-order valence-electron chi connectivity index (χ2n) is 5.27. The summed E-state index contributed by atoms with van der Waals surface area (Å²) < 4.78 is 13.5. The molecule has 1 aliphatic rings. The smallest absolute Gasteiger partial charge is 0.307 e. The van der Waals surface area contributed by atoms with Crippen LogP contribution < -0.4 is 5.32 Å². The van der Waals surface area contributed by atoms with E-state index in [1.165, 1.54) is 18.2 Å². The molecular formula is C15H18FNO3. The van der Waals surface area contributed by atoms with Gasteiger partial charge >= 0.3 is 5.97 Å². The SMILES string of the molecule is CCC1CC(C(=O)O)C(C(=O)Nc2ccccc2F)C1. The molecule has 0 aromatic heterocycles. The van der Waals surface area contributed by atoms with E-state index in [2.05, 4.69) is 5.32 Å².